The van der Waals surface area contributed by atoms with Crippen LogP contribution in [0, 0.1) is 0 Å². The molecule has 0 aliphatic heterocycles. The topological polar surface area (TPSA) is 17.8 Å². The smallest absolute Gasteiger partial charge is 0.131 e. The van der Waals surface area contributed by atoms with E-state index in [1.54, 1.807) is 6.20 Å². The van der Waals surface area contributed by atoms with Crippen LogP contribution in [0.5, 0.6) is 0 Å². The van der Waals surface area contributed by atoms with Crippen LogP contribution < -0.4 is 0 Å². The van der Waals surface area contributed by atoms with Gasteiger partial charge in [-0.1, -0.05) is 6.08 Å². The van der Waals surface area contributed by atoms with E-state index >= 15 is 0 Å². The fourth-order valence-corrected chi connectivity index (χ4v) is 0.915. The highest BCUT2D eigenvalue weighted by Crippen LogP contribution is 1.98. The molecule has 1 rings (SSSR count). The second-order valence-electron chi connectivity index (χ2n) is 2.28. The molecule has 0 bridgehead atoms. The van der Waals surface area contributed by atoms with Gasteiger partial charge in [0.05, 0.1) is 0 Å². The fraction of sp³-hybridized carbons (Fsp3) is 0.375. The van der Waals surface area contributed by atoms with Crippen LogP contribution in [0.3, 0.4) is 0 Å². The van der Waals surface area contributed by atoms with Crippen LogP contribution >= 0.6 is 11.6 Å². The van der Waals surface area contributed by atoms with Gasteiger partial charge in [-0.15, -0.1) is 11.6 Å². The average Bonchev–Trinajstić information content (AvgIpc) is 2.37. The van der Waals surface area contributed by atoms with Gasteiger partial charge < -0.3 is 4.57 Å². The summed E-state index contributed by atoms with van der Waals surface area (Å²) in [6.45, 7) is 0. The van der Waals surface area contributed by atoms with E-state index in [2.05, 4.69) is 4.98 Å². The van der Waals surface area contributed by atoms with Gasteiger partial charge in [-0.2, -0.15) is 0 Å². The molecule has 1 aromatic heterocycles. The molecule has 0 saturated heterocycles. The Kier molecular flexibility index (Phi) is 3.17. The molecule has 0 unspecified atom stereocenters. The molecule has 0 amide bonds. The van der Waals surface area contributed by atoms with Crippen LogP contribution in [0.2, 0.25) is 0 Å². The number of aryl methyl sites for hydroxylation is 1. The summed E-state index contributed by atoms with van der Waals surface area (Å²) in [5.41, 5.74) is 0. The number of allylic oxidation sites excluding steroid dienone is 1. The van der Waals surface area contributed by atoms with Crippen molar-refractivity contribution >= 4 is 17.7 Å². The van der Waals surface area contributed by atoms with Crippen molar-refractivity contribution in [1.82, 2.24) is 9.55 Å². The molecule has 0 radical (unpaired) electrons. The van der Waals surface area contributed by atoms with Gasteiger partial charge in [-0.05, 0) is 12.5 Å². The maximum Gasteiger partial charge on any atom is 0.131 e. The Hall–Kier alpha value is -0.760. The highest BCUT2D eigenvalue weighted by Gasteiger charge is 1.90. The molecule has 0 aliphatic carbocycles. The van der Waals surface area contributed by atoms with E-state index in [0.717, 1.165) is 12.2 Å². The molecule has 0 atom stereocenters. The monoisotopic (exact) mass is 170 g/mol. The molecule has 0 saturated carbocycles. The Balaban J connectivity index is 2.56. The predicted octanol–water partition coefficient (Wildman–Crippen LogP) is 2.06. The van der Waals surface area contributed by atoms with Crippen LogP contribution in [0.4, 0.5) is 0 Å². The van der Waals surface area contributed by atoms with Crippen LogP contribution in [0.1, 0.15) is 12.2 Å². The van der Waals surface area contributed by atoms with Gasteiger partial charge in [0, 0.05) is 25.3 Å². The van der Waals surface area contributed by atoms with Gasteiger partial charge in [0.25, 0.3) is 0 Å². The molecular formula is C8H11ClN2. The summed E-state index contributed by atoms with van der Waals surface area (Å²) >= 11 is 5.50. The molecule has 11 heavy (non-hydrogen) atoms. The molecule has 3 heteroatoms. The minimum absolute atomic E-state index is 0.668. The molecule has 0 aliphatic rings. The summed E-state index contributed by atoms with van der Waals surface area (Å²) in [5.74, 6) is 1.64. The third-order valence-corrected chi connectivity index (χ3v) is 1.62. The van der Waals surface area contributed by atoms with Crippen LogP contribution in [-0.2, 0) is 7.05 Å². The van der Waals surface area contributed by atoms with Gasteiger partial charge in [-0.3, -0.25) is 0 Å². The SMILES string of the molecule is Cn1ccnc1C=CCCCl. The van der Waals surface area contributed by atoms with E-state index in [-0.39, 0.29) is 0 Å². The Morgan fingerprint density at radius 3 is 3.09 bits per heavy atom. The Morgan fingerprint density at radius 2 is 2.55 bits per heavy atom. The number of halogens is 1. The molecule has 0 fully saturated rings. The lowest BCUT2D eigenvalue weighted by Gasteiger charge is -1.91. The first-order valence-electron chi connectivity index (χ1n) is 3.54. The van der Waals surface area contributed by atoms with Crippen molar-refractivity contribution < 1.29 is 0 Å². The second-order valence-corrected chi connectivity index (χ2v) is 2.65. The van der Waals surface area contributed by atoms with Gasteiger partial charge in [0.15, 0.2) is 0 Å². The van der Waals surface area contributed by atoms with E-state index in [9.17, 15) is 0 Å². The summed E-state index contributed by atoms with van der Waals surface area (Å²) in [6, 6.07) is 0. The fourth-order valence-electron chi connectivity index (χ4n) is 0.789. The Morgan fingerprint density at radius 1 is 1.73 bits per heavy atom. The van der Waals surface area contributed by atoms with Crippen molar-refractivity contribution in [3.63, 3.8) is 0 Å². The molecule has 1 heterocycles. The standard InChI is InChI=1S/C8H11ClN2/c1-11-7-6-10-8(11)4-2-3-5-9/h2,4,6-7H,3,5H2,1H3. The number of alkyl halides is 1. The summed E-state index contributed by atoms with van der Waals surface area (Å²) in [4.78, 5) is 4.12. The summed E-state index contributed by atoms with van der Waals surface area (Å²) in [7, 11) is 1.97. The number of aromatic nitrogens is 2. The van der Waals surface area contributed by atoms with E-state index in [4.69, 9.17) is 11.6 Å². The number of rotatable bonds is 3. The third-order valence-electron chi connectivity index (χ3n) is 1.40. The molecule has 2 nitrogen and oxygen atoms in total. The minimum atomic E-state index is 0.668. The number of hydrogen-bond acceptors (Lipinski definition) is 1. The van der Waals surface area contributed by atoms with Crippen molar-refractivity contribution in [2.24, 2.45) is 7.05 Å². The highest BCUT2D eigenvalue weighted by atomic mass is 35.5. The van der Waals surface area contributed by atoms with Gasteiger partial charge in [0.1, 0.15) is 5.82 Å². The normalized spacial score (nSPS) is 11.1. The van der Waals surface area contributed by atoms with Gasteiger partial charge >= 0.3 is 0 Å². The molecule has 60 valence electrons. The Bertz CT molecular complexity index is 240. The predicted molar refractivity (Wildman–Crippen MR) is 47.6 cm³/mol. The zero-order valence-corrected chi connectivity index (χ0v) is 7.25. The second kappa shape index (κ2) is 4.19. The lowest BCUT2D eigenvalue weighted by Crippen LogP contribution is -1.88. The first-order chi connectivity index (χ1) is 5.34. The number of nitrogens with zero attached hydrogens (tertiary/aromatic N) is 2. The maximum atomic E-state index is 5.50. The van der Waals surface area contributed by atoms with Crippen LogP contribution in [0.15, 0.2) is 18.5 Å². The lowest BCUT2D eigenvalue weighted by molar-refractivity contribution is 0.896. The number of imidazole rings is 1. The van der Waals surface area contributed by atoms with Gasteiger partial charge in [0.2, 0.25) is 0 Å². The van der Waals surface area contributed by atoms with Crippen LogP contribution in [0.25, 0.3) is 6.08 Å². The lowest BCUT2D eigenvalue weighted by atomic mass is 10.4. The zero-order valence-electron chi connectivity index (χ0n) is 6.50. The van der Waals surface area contributed by atoms with E-state index < -0.39 is 0 Å². The first-order valence-corrected chi connectivity index (χ1v) is 4.08. The summed E-state index contributed by atoms with van der Waals surface area (Å²) in [5, 5.41) is 0. The zero-order chi connectivity index (χ0) is 8.10. The maximum absolute atomic E-state index is 5.50. The third kappa shape index (κ3) is 2.39. The quantitative estimate of drug-likeness (QED) is 0.635. The van der Waals surface area contributed by atoms with E-state index in [0.29, 0.717) is 5.88 Å². The first kappa shape index (κ1) is 8.34. The largest absolute Gasteiger partial charge is 0.335 e. The van der Waals surface area contributed by atoms with Gasteiger partial charge in [-0.25, -0.2) is 4.98 Å². The number of hydrogen-bond donors (Lipinski definition) is 0. The molecule has 1 aromatic rings. The molecule has 0 aromatic carbocycles. The van der Waals surface area contributed by atoms with Crippen molar-refractivity contribution in [2.75, 3.05) is 5.88 Å². The van der Waals surface area contributed by atoms with Crippen molar-refractivity contribution in [3.8, 4) is 0 Å². The molecule has 0 spiro atoms. The van der Waals surface area contributed by atoms with Crippen molar-refractivity contribution in [3.05, 3.63) is 24.3 Å². The molecular weight excluding hydrogens is 160 g/mol. The van der Waals surface area contributed by atoms with Crippen molar-refractivity contribution in [2.45, 2.75) is 6.42 Å². The summed E-state index contributed by atoms with van der Waals surface area (Å²) < 4.78 is 1.96. The Labute approximate surface area is 71.5 Å². The average molecular weight is 171 g/mol. The van der Waals surface area contributed by atoms with E-state index in [1.807, 2.05) is 30.0 Å². The minimum Gasteiger partial charge on any atom is -0.335 e. The highest BCUT2D eigenvalue weighted by molar-refractivity contribution is 6.17. The van der Waals surface area contributed by atoms with Crippen molar-refractivity contribution in [1.29, 1.82) is 0 Å². The summed E-state index contributed by atoms with van der Waals surface area (Å²) in [6.07, 6.45) is 8.59. The van der Waals surface area contributed by atoms with Crippen LogP contribution in [-0.4, -0.2) is 15.4 Å². The molecule has 0 N–H and O–H groups in total. The van der Waals surface area contributed by atoms with E-state index in [1.165, 1.54) is 0 Å².